The molecule has 0 aliphatic carbocycles. The van der Waals surface area contributed by atoms with Crippen molar-refractivity contribution in [2.45, 2.75) is 20.8 Å². The molecule has 0 aromatic heterocycles. The number of rotatable bonds is 0. The first-order chi connectivity index (χ1) is 4.24. The first-order valence-electron chi connectivity index (χ1n) is 3.07. The summed E-state index contributed by atoms with van der Waals surface area (Å²) >= 11 is 0. The van der Waals surface area contributed by atoms with E-state index >= 15 is 0 Å². The zero-order valence-corrected chi connectivity index (χ0v) is 7.91. The molecule has 0 saturated heterocycles. The van der Waals surface area contributed by atoms with Gasteiger partial charge in [0.05, 0.1) is 0 Å². The highest BCUT2D eigenvalue weighted by molar-refractivity contribution is 3.84. The fourth-order valence-corrected chi connectivity index (χ4v) is 0. The van der Waals surface area contributed by atoms with Crippen molar-refractivity contribution in [3.05, 3.63) is 0 Å². The van der Waals surface area contributed by atoms with Crippen LogP contribution in [0.25, 0.3) is 0 Å². The van der Waals surface area contributed by atoms with Crippen molar-refractivity contribution >= 4 is 0 Å². The highest BCUT2D eigenvalue weighted by atomic mass is 16.3. The third-order valence-electron chi connectivity index (χ3n) is 0. The number of hydrogen-bond acceptors (Lipinski definition) is 4. The Hall–Kier alpha value is -0.200. The second-order valence-corrected chi connectivity index (χ2v) is 0.949. The molecule has 0 aliphatic heterocycles. The molecule has 0 spiro atoms. The lowest BCUT2D eigenvalue weighted by atomic mass is 10.9. The summed E-state index contributed by atoms with van der Waals surface area (Å²) in [6.45, 7) is 5.79. The zero-order chi connectivity index (χ0) is 8.12. The van der Waals surface area contributed by atoms with Crippen molar-refractivity contribution in [2.24, 2.45) is 0 Å². The van der Waals surface area contributed by atoms with E-state index in [-0.39, 0.29) is 31.4 Å². The minimum Gasteiger partial charge on any atom is -0.870 e. The molecule has 8 N–H and O–H groups in total. The Morgan fingerprint density at radius 2 is 0.727 bits per heavy atom. The molecule has 0 aromatic carbocycles. The average molecular weight is 173 g/mol. The SMILES string of the molecule is CCO.CCO.CCO.[NH4+].[OH-]. The van der Waals surface area contributed by atoms with Crippen molar-refractivity contribution in [2.75, 3.05) is 19.8 Å². The number of hydrogen-bond donors (Lipinski definition) is 4. The highest BCUT2D eigenvalue weighted by Crippen LogP contribution is 1.30. The van der Waals surface area contributed by atoms with E-state index in [2.05, 4.69) is 0 Å². The summed E-state index contributed by atoms with van der Waals surface area (Å²) in [7, 11) is 0. The average Bonchev–Trinajstić information content (AvgIpc) is 1.70. The molecule has 0 fully saturated rings. The van der Waals surface area contributed by atoms with E-state index in [0.717, 1.165) is 0 Å². The first kappa shape index (κ1) is 30.8. The summed E-state index contributed by atoms with van der Waals surface area (Å²) in [6.07, 6.45) is 0. The van der Waals surface area contributed by atoms with E-state index in [1.54, 1.807) is 20.8 Å². The standard InChI is InChI=1S/3C2H6O.H3N.H2O/c3*1-2-3;;/h3*3H,2H2,1H3;1H3;1H2. The number of aliphatic hydroxyl groups excluding tert-OH is 3. The Labute approximate surface area is 68.6 Å². The largest absolute Gasteiger partial charge is 0.870 e. The fourth-order valence-electron chi connectivity index (χ4n) is 0. The second kappa shape index (κ2) is 96.8. The van der Waals surface area contributed by atoms with Gasteiger partial charge in [-0.05, 0) is 20.8 Å². The highest BCUT2D eigenvalue weighted by Gasteiger charge is 1.35. The molecule has 0 aliphatic rings. The van der Waals surface area contributed by atoms with Crippen LogP contribution in [0.1, 0.15) is 20.8 Å². The molecule has 11 heavy (non-hydrogen) atoms. The molecule has 0 unspecified atom stereocenters. The van der Waals surface area contributed by atoms with E-state index in [4.69, 9.17) is 15.3 Å². The Balaban J connectivity index is -0.0000000150. The van der Waals surface area contributed by atoms with Gasteiger partial charge in [-0.3, -0.25) is 0 Å². The molecule has 5 nitrogen and oxygen atoms in total. The maximum atomic E-state index is 7.57. The van der Waals surface area contributed by atoms with Gasteiger partial charge in [0.15, 0.2) is 0 Å². The Kier molecular flexibility index (Phi) is 271. The van der Waals surface area contributed by atoms with Gasteiger partial charge < -0.3 is 26.9 Å². The van der Waals surface area contributed by atoms with Crippen molar-refractivity contribution in [1.82, 2.24) is 6.15 Å². The summed E-state index contributed by atoms with van der Waals surface area (Å²) in [5.41, 5.74) is 0. The molecule has 76 valence electrons. The van der Waals surface area contributed by atoms with Crippen LogP contribution < -0.4 is 6.15 Å². The zero-order valence-electron chi connectivity index (χ0n) is 7.91. The molecule has 5 heteroatoms. The third-order valence-corrected chi connectivity index (χ3v) is 0. The lowest BCUT2D eigenvalue weighted by Crippen LogP contribution is -1.57. The van der Waals surface area contributed by atoms with Crippen molar-refractivity contribution < 1.29 is 20.8 Å². The normalized spacial score (nSPS) is 4.91. The molecule has 0 atom stereocenters. The van der Waals surface area contributed by atoms with Crippen LogP contribution >= 0.6 is 0 Å². The summed E-state index contributed by atoms with van der Waals surface area (Å²) in [5.74, 6) is 0. The molecule has 0 radical (unpaired) electrons. The minimum atomic E-state index is 0. The molecule has 0 rings (SSSR count). The lowest BCUT2D eigenvalue weighted by Gasteiger charge is -1.52. The first-order valence-corrected chi connectivity index (χ1v) is 3.07. The van der Waals surface area contributed by atoms with Gasteiger partial charge >= 0.3 is 0 Å². The van der Waals surface area contributed by atoms with Gasteiger partial charge in [-0.15, -0.1) is 0 Å². The van der Waals surface area contributed by atoms with Gasteiger partial charge in [0.2, 0.25) is 0 Å². The van der Waals surface area contributed by atoms with Crippen LogP contribution in [0.5, 0.6) is 0 Å². The van der Waals surface area contributed by atoms with Gasteiger partial charge in [-0.2, -0.15) is 0 Å². The van der Waals surface area contributed by atoms with Crippen LogP contribution in [-0.4, -0.2) is 40.6 Å². The van der Waals surface area contributed by atoms with Crippen LogP contribution in [0.3, 0.4) is 0 Å². The van der Waals surface area contributed by atoms with Crippen molar-refractivity contribution in [1.29, 1.82) is 0 Å². The molecule has 0 bridgehead atoms. The Morgan fingerprint density at radius 3 is 0.727 bits per heavy atom. The van der Waals surface area contributed by atoms with E-state index in [1.165, 1.54) is 0 Å². The van der Waals surface area contributed by atoms with E-state index in [0.29, 0.717) is 0 Å². The lowest BCUT2D eigenvalue weighted by molar-refractivity contribution is 0.318. The van der Waals surface area contributed by atoms with Crippen LogP contribution in [0.15, 0.2) is 0 Å². The molecule has 0 heterocycles. The Morgan fingerprint density at radius 1 is 0.727 bits per heavy atom. The molecule has 0 saturated carbocycles. The van der Waals surface area contributed by atoms with E-state index in [9.17, 15) is 0 Å². The monoisotopic (exact) mass is 173 g/mol. The summed E-state index contributed by atoms with van der Waals surface area (Å²) in [6, 6.07) is 0. The van der Waals surface area contributed by atoms with Gasteiger partial charge in [-0.25, -0.2) is 0 Å². The summed E-state index contributed by atoms with van der Waals surface area (Å²) < 4.78 is 0. The maximum Gasteiger partial charge on any atom is 0.0402 e. The summed E-state index contributed by atoms with van der Waals surface area (Å²) in [4.78, 5) is 0. The van der Waals surface area contributed by atoms with E-state index in [1.807, 2.05) is 0 Å². The van der Waals surface area contributed by atoms with Crippen LogP contribution in [-0.2, 0) is 0 Å². The minimum absolute atomic E-state index is 0. The molecular weight excluding hydrogens is 150 g/mol. The van der Waals surface area contributed by atoms with Gasteiger partial charge in [0, 0.05) is 19.8 Å². The van der Waals surface area contributed by atoms with Crippen molar-refractivity contribution in [3.8, 4) is 0 Å². The predicted octanol–water partition coefficient (Wildman–Crippen LogP) is 0.195. The predicted molar refractivity (Wildman–Crippen MR) is 46.2 cm³/mol. The maximum absolute atomic E-state index is 7.57. The third kappa shape index (κ3) is 14900. The number of aliphatic hydroxyl groups is 3. The molecular formula is C6H23NO4. The smallest absolute Gasteiger partial charge is 0.0402 e. The van der Waals surface area contributed by atoms with E-state index < -0.39 is 0 Å². The van der Waals surface area contributed by atoms with Gasteiger partial charge in [-0.1, -0.05) is 0 Å². The van der Waals surface area contributed by atoms with Crippen LogP contribution in [0.2, 0.25) is 0 Å². The number of quaternary nitrogens is 1. The summed E-state index contributed by atoms with van der Waals surface area (Å²) in [5, 5.41) is 22.7. The quantitative estimate of drug-likeness (QED) is 0.417. The van der Waals surface area contributed by atoms with Crippen LogP contribution in [0.4, 0.5) is 0 Å². The fraction of sp³-hybridized carbons (Fsp3) is 1.00. The van der Waals surface area contributed by atoms with Crippen molar-refractivity contribution in [3.63, 3.8) is 0 Å². The topological polar surface area (TPSA) is 127 Å². The second-order valence-electron chi connectivity index (χ2n) is 0.949. The van der Waals surface area contributed by atoms with Crippen LogP contribution in [0, 0.1) is 0 Å². The van der Waals surface area contributed by atoms with Gasteiger partial charge in [0.25, 0.3) is 0 Å². The van der Waals surface area contributed by atoms with Gasteiger partial charge in [0.1, 0.15) is 0 Å². The Bertz CT molecular complexity index is 19.3. The molecule has 0 amide bonds. The molecule has 0 aromatic rings.